The number of para-hydroxylation sites is 1. The highest BCUT2D eigenvalue weighted by Gasteiger charge is 2.23. The number of Topliss-reactive ketones (excluding diaryl/α,β-unsaturated/α-hetero) is 1. The fourth-order valence-corrected chi connectivity index (χ4v) is 2.96. The lowest BCUT2D eigenvalue weighted by molar-refractivity contribution is -0.117. The predicted octanol–water partition coefficient (Wildman–Crippen LogP) is 4.01. The summed E-state index contributed by atoms with van der Waals surface area (Å²) in [5, 5.41) is 1.20. The van der Waals surface area contributed by atoms with Gasteiger partial charge in [0.2, 0.25) is 0 Å². The molecule has 21 heavy (non-hydrogen) atoms. The molecule has 2 aromatic rings. The van der Waals surface area contributed by atoms with E-state index in [9.17, 15) is 4.79 Å². The van der Waals surface area contributed by atoms with Crippen LogP contribution < -0.4 is 0 Å². The van der Waals surface area contributed by atoms with Gasteiger partial charge in [0.1, 0.15) is 17.1 Å². The van der Waals surface area contributed by atoms with Gasteiger partial charge in [0, 0.05) is 24.3 Å². The average Bonchev–Trinajstić information content (AvgIpc) is 2.89. The van der Waals surface area contributed by atoms with Crippen LogP contribution in [-0.4, -0.2) is 30.3 Å². The molecule has 3 nitrogen and oxygen atoms in total. The topological polar surface area (TPSA) is 33.5 Å². The van der Waals surface area contributed by atoms with Gasteiger partial charge in [-0.1, -0.05) is 18.2 Å². The summed E-state index contributed by atoms with van der Waals surface area (Å²) < 4.78 is 5.97. The van der Waals surface area contributed by atoms with Gasteiger partial charge in [-0.05, 0) is 45.0 Å². The minimum Gasteiger partial charge on any atom is -0.461 e. The number of furan rings is 1. The second-order valence-electron chi connectivity index (χ2n) is 5.75. The molecule has 0 radical (unpaired) electrons. The second kappa shape index (κ2) is 7.10. The number of carbonyl (C=O) groups is 1. The Labute approximate surface area is 131 Å². The van der Waals surface area contributed by atoms with Gasteiger partial charge in [-0.15, -0.1) is 12.4 Å². The van der Waals surface area contributed by atoms with Gasteiger partial charge in [0.05, 0.1) is 0 Å². The number of carbonyl (C=O) groups excluding carboxylic acids is 1. The van der Waals surface area contributed by atoms with Crippen molar-refractivity contribution in [1.82, 2.24) is 4.90 Å². The third-order valence-corrected chi connectivity index (χ3v) is 4.21. The number of ketones is 1. The Hall–Kier alpha value is -1.32. The number of hydrogen-bond donors (Lipinski definition) is 0. The molecular formula is C17H22ClNO2. The van der Waals surface area contributed by atoms with Crippen LogP contribution in [0.15, 0.2) is 34.7 Å². The first-order valence-electron chi connectivity index (χ1n) is 7.42. The first-order chi connectivity index (χ1) is 9.72. The van der Waals surface area contributed by atoms with E-state index in [0.717, 1.165) is 43.8 Å². The second-order valence-corrected chi connectivity index (χ2v) is 5.75. The van der Waals surface area contributed by atoms with Crippen LogP contribution in [0.25, 0.3) is 11.0 Å². The zero-order chi connectivity index (χ0) is 13.9. The number of hydrogen-bond acceptors (Lipinski definition) is 3. The van der Waals surface area contributed by atoms with Crippen molar-refractivity contribution in [3.8, 4) is 0 Å². The summed E-state index contributed by atoms with van der Waals surface area (Å²) in [6, 6.07) is 10.4. The van der Waals surface area contributed by atoms with E-state index in [1.807, 2.05) is 18.2 Å². The van der Waals surface area contributed by atoms with Crippen molar-refractivity contribution < 1.29 is 9.21 Å². The minimum atomic E-state index is 0. The number of benzene rings is 1. The summed E-state index contributed by atoms with van der Waals surface area (Å²) in [7, 11) is 0. The normalized spacial score (nSPS) is 16.8. The van der Waals surface area contributed by atoms with Gasteiger partial charge in [-0.3, -0.25) is 4.79 Å². The van der Waals surface area contributed by atoms with E-state index in [1.54, 1.807) is 6.92 Å². The summed E-state index contributed by atoms with van der Waals surface area (Å²) in [5.41, 5.74) is 0.988. The molecule has 0 N–H and O–H groups in total. The lowest BCUT2D eigenvalue weighted by atomic mass is 9.94. The van der Waals surface area contributed by atoms with Gasteiger partial charge in [0.15, 0.2) is 0 Å². The fraction of sp³-hybridized carbons (Fsp3) is 0.471. The first-order valence-corrected chi connectivity index (χ1v) is 7.42. The third kappa shape index (κ3) is 3.86. The Morgan fingerprint density at radius 2 is 2.00 bits per heavy atom. The van der Waals surface area contributed by atoms with Crippen molar-refractivity contribution in [3.63, 3.8) is 0 Å². The number of fused-ring (bicyclic) bond motifs is 1. The molecule has 1 fully saturated rings. The van der Waals surface area contributed by atoms with E-state index in [2.05, 4.69) is 17.0 Å². The third-order valence-electron chi connectivity index (χ3n) is 4.21. The van der Waals surface area contributed by atoms with Crippen LogP contribution in [0.4, 0.5) is 0 Å². The minimum absolute atomic E-state index is 0. The van der Waals surface area contributed by atoms with Crippen LogP contribution in [0.3, 0.4) is 0 Å². The molecule has 0 amide bonds. The van der Waals surface area contributed by atoms with E-state index >= 15 is 0 Å². The maximum Gasteiger partial charge on any atom is 0.134 e. The van der Waals surface area contributed by atoms with E-state index in [1.165, 1.54) is 5.39 Å². The molecule has 0 unspecified atom stereocenters. The number of likely N-dealkylation sites (tertiary alicyclic amines) is 1. The zero-order valence-electron chi connectivity index (χ0n) is 12.4. The lowest BCUT2D eigenvalue weighted by Crippen LogP contribution is -2.34. The molecule has 1 aromatic carbocycles. The number of halogens is 1. The lowest BCUT2D eigenvalue weighted by Gasteiger charge is -2.30. The predicted molar refractivity (Wildman–Crippen MR) is 87.2 cm³/mol. The molecule has 0 aliphatic carbocycles. The van der Waals surface area contributed by atoms with Crippen molar-refractivity contribution >= 4 is 29.2 Å². The molecule has 1 saturated heterocycles. The maximum absolute atomic E-state index is 11.0. The Morgan fingerprint density at radius 3 is 2.67 bits per heavy atom. The van der Waals surface area contributed by atoms with Gasteiger partial charge < -0.3 is 9.32 Å². The average molecular weight is 308 g/mol. The SMILES string of the molecule is CC(=O)CCN1CCC(c2cc3ccccc3o2)CC1.Cl. The van der Waals surface area contributed by atoms with E-state index in [-0.39, 0.29) is 18.2 Å². The number of piperidine rings is 1. The Bertz CT molecular complexity index is 567. The molecule has 1 aromatic heterocycles. The summed E-state index contributed by atoms with van der Waals surface area (Å²) in [6.45, 7) is 4.70. The van der Waals surface area contributed by atoms with Crippen molar-refractivity contribution in [2.75, 3.05) is 19.6 Å². The largest absolute Gasteiger partial charge is 0.461 e. The van der Waals surface area contributed by atoms with E-state index in [4.69, 9.17) is 4.42 Å². The standard InChI is InChI=1S/C17H21NO2.ClH/c1-13(19)6-9-18-10-7-14(8-11-18)17-12-15-4-2-3-5-16(15)20-17;/h2-5,12,14H,6-11H2,1H3;1H. The van der Waals surface area contributed by atoms with Crippen LogP contribution in [0.2, 0.25) is 0 Å². The first kappa shape index (κ1) is 16.1. The van der Waals surface area contributed by atoms with Crippen molar-refractivity contribution in [1.29, 1.82) is 0 Å². The van der Waals surface area contributed by atoms with Crippen molar-refractivity contribution in [2.24, 2.45) is 0 Å². The van der Waals surface area contributed by atoms with Crippen LogP contribution in [0.5, 0.6) is 0 Å². The highest BCUT2D eigenvalue weighted by molar-refractivity contribution is 5.85. The molecule has 4 heteroatoms. The summed E-state index contributed by atoms with van der Waals surface area (Å²) in [4.78, 5) is 13.4. The van der Waals surface area contributed by atoms with Crippen molar-refractivity contribution in [3.05, 3.63) is 36.1 Å². The van der Waals surface area contributed by atoms with Crippen LogP contribution >= 0.6 is 12.4 Å². The Balaban J connectivity index is 0.00000161. The quantitative estimate of drug-likeness (QED) is 0.855. The molecule has 1 aliphatic rings. The Morgan fingerprint density at radius 1 is 1.29 bits per heavy atom. The molecule has 1 aliphatic heterocycles. The summed E-state index contributed by atoms with van der Waals surface area (Å²) in [6.07, 6.45) is 2.92. The summed E-state index contributed by atoms with van der Waals surface area (Å²) in [5.74, 6) is 1.93. The molecule has 3 rings (SSSR count). The smallest absolute Gasteiger partial charge is 0.134 e. The van der Waals surface area contributed by atoms with Crippen molar-refractivity contribution in [2.45, 2.75) is 32.1 Å². The van der Waals surface area contributed by atoms with Crippen LogP contribution in [0, 0.1) is 0 Å². The molecule has 2 heterocycles. The molecule has 0 saturated carbocycles. The van der Waals surface area contributed by atoms with E-state index < -0.39 is 0 Å². The van der Waals surface area contributed by atoms with Crippen LogP contribution in [0.1, 0.15) is 37.9 Å². The molecule has 0 bridgehead atoms. The van der Waals surface area contributed by atoms with Crippen LogP contribution in [-0.2, 0) is 4.79 Å². The maximum atomic E-state index is 11.0. The number of rotatable bonds is 4. The van der Waals surface area contributed by atoms with E-state index in [0.29, 0.717) is 12.3 Å². The number of nitrogens with zero attached hydrogens (tertiary/aromatic N) is 1. The molecule has 0 atom stereocenters. The van der Waals surface area contributed by atoms with Gasteiger partial charge in [-0.25, -0.2) is 0 Å². The summed E-state index contributed by atoms with van der Waals surface area (Å²) >= 11 is 0. The van der Waals surface area contributed by atoms with Gasteiger partial charge in [0.25, 0.3) is 0 Å². The highest BCUT2D eigenvalue weighted by Crippen LogP contribution is 2.32. The monoisotopic (exact) mass is 307 g/mol. The van der Waals surface area contributed by atoms with Gasteiger partial charge in [-0.2, -0.15) is 0 Å². The molecule has 0 spiro atoms. The molecule has 114 valence electrons. The zero-order valence-corrected chi connectivity index (χ0v) is 13.2. The fourth-order valence-electron chi connectivity index (χ4n) is 2.96. The molecular weight excluding hydrogens is 286 g/mol. The highest BCUT2D eigenvalue weighted by atomic mass is 35.5. The van der Waals surface area contributed by atoms with Gasteiger partial charge >= 0.3 is 0 Å². The Kier molecular flexibility index (Phi) is 5.43.